The Kier molecular flexibility index (Phi) is 8.77. The minimum absolute atomic E-state index is 0.0959. The summed E-state index contributed by atoms with van der Waals surface area (Å²) >= 11 is 5.92. The molecule has 0 saturated carbocycles. The second-order valence-corrected chi connectivity index (χ2v) is 12.1. The van der Waals surface area contributed by atoms with E-state index in [2.05, 4.69) is 9.68 Å². The van der Waals surface area contributed by atoms with Crippen molar-refractivity contribution >= 4 is 26.8 Å². The van der Waals surface area contributed by atoms with Crippen molar-refractivity contribution in [3.05, 3.63) is 63.1 Å². The molecule has 17 heteroatoms. The first kappa shape index (κ1) is 27.8. The van der Waals surface area contributed by atoms with Crippen LogP contribution in [0.1, 0.15) is 11.8 Å². The quantitative estimate of drug-likeness (QED) is 0.203. The number of benzene rings is 1. The number of hydrogen-bond donors (Lipinski definition) is 5. The molecule has 1 saturated heterocycles. The molecule has 1 unspecified atom stereocenters. The smallest absolute Gasteiger partial charge is 0.340 e. The average molecular weight is 556 g/mol. The van der Waals surface area contributed by atoms with Gasteiger partial charge >= 0.3 is 20.9 Å². The molecule has 0 spiro atoms. The Morgan fingerprint density at radius 1 is 1.17 bits per heavy atom. The van der Waals surface area contributed by atoms with E-state index in [1.165, 1.54) is 19.3 Å². The molecular formula is C18H24ClN3O11P2. The van der Waals surface area contributed by atoms with Gasteiger partial charge in [-0.2, -0.15) is 0 Å². The van der Waals surface area contributed by atoms with Gasteiger partial charge in [0.25, 0.3) is 0 Å². The number of aromatic nitrogens is 2. The summed E-state index contributed by atoms with van der Waals surface area (Å²) in [6, 6.07) is 8.33. The van der Waals surface area contributed by atoms with E-state index < -0.39 is 57.9 Å². The van der Waals surface area contributed by atoms with E-state index in [4.69, 9.17) is 31.0 Å². The van der Waals surface area contributed by atoms with Crippen molar-refractivity contribution in [1.82, 2.24) is 9.13 Å². The predicted octanol–water partition coefficient (Wildman–Crippen LogP) is -0.171. The van der Waals surface area contributed by atoms with E-state index >= 15 is 0 Å². The van der Waals surface area contributed by atoms with Gasteiger partial charge in [0.05, 0.1) is 6.61 Å². The third kappa shape index (κ3) is 7.34. The highest BCUT2D eigenvalue weighted by atomic mass is 35.5. The first-order chi connectivity index (χ1) is 16.3. The zero-order valence-corrected chi connectivity index (χ0v) is 20.7. The fraction of sp³-hybridized carbons (Fsp3) is 0.444. The number of nitrogens with zero attached hydrogens (tertiary/aromatic N) is 3. The molecule has 1 aromatic carbocycles. The molecule has 0 aliphatic carbocycles. The molecule has 1 fully saturated rings. The zero-order chi connectivity index (χ0) is 26.0. The first-order valence-corrected chi connectivity index (χ1v) is 13.9. The highest BCUT2D eigenvalue weighted by Crippen LogP contribution is 2.55. The fourth-order valence-corrected chi connectivity index (χ4v) is 6.02. The van der Waals surface area contributed by atoms with Crippen LogP contribution >= 0.6 is 26.8 Å². The summed E-state index contributed by atoms with van der Waals surface area (Å²) in [6.07, 6.45) is -4.76. The topological polar surface area (TPSA) is 202 Å². The molecule has 1 aliphatic rings. The molecule has 3 rings (SSSR count). The van der Waals surface area contributed by atoms with Crippen LogP contribution in [-0.2, 0) is 36.9 Å². The van der Waals surface area contributed by atoms with Gasteiger partial charge in [-0.15, -0.1) is 0 Å². The standard InChI is InChI=1S/C18H24ClN3O11P2/c1-21-14(20-31-8-11-3-2-4-12(19)7-11)5-6-22(18(21)25)17-16(24)15(23)13(33-17)9-32-35(29,30)10-34(26,27)28/h2-7,13,15-17,23-24H,8-10H2,1H3,(H,29,30)(H2,26,27,28)/b20-14-/t13-,15-,16-,17-/m1/s1. The van der Waals surface area contributed by atoms with Gasteiger partial charge in [0.15, 0.2) is 17.6 Å². The molecule has 0 radical (unpaired) electrons. The maximum Gasteiger partial charge on any atom is 0.340 e. The Bertz CT molecular complexity index is 1280. The Balaban J connectivity index is 1.71. The number of ether oxygens (including phenoxy) is 1. The molecule has 5 atom stereocenters. The molecular weight excluding hydrogens is 532 g/mol. The highest BCUT2D eigenvalue weighted by molar-refractivity contribution is 7.70. The van der Waals surface area contributed by atoms with Crippen LogP contribution in [0.3, 0.4) is 0 Å². The second kappa shape index (κ2) is 11.1. The lowest BCUT2D eigenvalue weighted by Gasteiger charge is -2.19. The van der Waals surface area contributed by atoms with Gasteiger partial charge in [-0.05, 0) is 17.7 Å². The van der Waals surface area contributed by atoms with Gasteiger partial charge < -0.3 is 39.0 Å². The van der Waals surface area contributed by atoms with E-state index in [9.17, 15) is 29.0 Å². The maximum absolute atomic E-state index is 12.8. The van der Waals surface area contributed by atoms with Gasteiger partial charge in [-0.1, -0.05) is 28.9 Å². The molecule has 0 bridgehead atoms. The molecule has 2 aromatic rings. The lowest BCUT2D eigenvalue weighted by molar-refractivity contribution is -0.0530. The van der Waals surface area contributed by atoms with Gasteiger partial charge in [-0.3, -0.25) is 18.3 Å². The van der Waals surface area contributed by atoms with Crippen molar-refractivity contribution in [3.63, 3.8) is 0 Å². The minimum Gasteiger partial charge on any atom is -0.389 e. The summed E-state index contributed by atoms with van der Waals surface area (Å²) in [6.45, 7) is -0.674. The number of aliphatic hydroxyl groups excluding tert-OH is 2. The number of rotatable bonds is 9. The van der Waals surface area contributed by atoms with E-state index in [1.54, 1.807) is 24.3 Å². The van der Waals surface area contributed by atoms with Crippen molar-refractivity contribution < 1.29 is 48.1 Å². The fourth-order valence-electron chi connectivity index (χ4n) is 3.24. The molecule has 5 N–H and O–H groups in total. The van der Waals surface area contributed by atoms with Gasteiger partial charge in [-0.25, -0.2) is 4.79 Å². The van der Waals surface area contributed by atoms with E-state index in [-0.39, 0.29) is 12.1 Å². The third-order valence-electron chi connectivity index (χ3n) is 4.93. The number of hydrogen-bond acceptors (Lipinski definition) is 9. The van der Waals surface area contributed by atoms with Crippen LogP contribution in [-0.4, -0.2) is 64.8 Å². The Morgan fingerprint density at radius 2 is 1.89 bits per heavy atom. The van der Waals surface area contributed by atoms with Gasteiger partial charge in [0.2, 0.25) is 0 Å². The molecule has 2 heterocycles. The largest absolute Gasteiger partial charge is 0.389 e. The van der Waals surface area contributed by atoms with Crippen LogP contribution in [0, 0.1) is 0 Å². The average Bonchev–Trinajstić information content (AvgIpc) is 3.02. The Hall–Kier alpha value is -1.83. The number of halogens is 1. The van der Waals surface area contributed by atoms with Crippen LogP contribution in [0.25, 0.3) is 0 Å². The van der Waals surface area contributed by atoms with Crippen molar-refractivity contribution in [2.24, 2.45) is 12.2 Å². The van der Waals surface area contributed by atoms with Gasteiger partial charge in [0, 0.05) is 24.3 Å². The summed E-state index contributed by atoms with van der Waals surface area (Å²) in [7, 11) is -8.16. The summed E-state index contributed by atoms with van der Waals surface area (Å²) < 4.78 is 34.9. The Labute approximate surface area is 203 Å². The van der Waals surface area contributed by atoms with E-state index in [1.807, 2.05) is 0 Å². The van der Waals surface area contributed by atoms with Crippen LogP contribution in [0.4, 0.5) is 0 Å². The predicted molar refractivity (Wildman–Crippen MR) is 120 cm³/mol. The monoisotopic (exact) mass is 555 g/mol. The lowest BCUT2D eigenvalue weighted by Crippen LogP contribution is -2.42. The lowest BCUT2D eigenvalue weighted by atomic mass is 10.1. The molecule has 0 amide bonds. The molecule has 1 aliphatic heterocycles. The second-order valence-electron chi connectivity index (χ2n) is 7.70. The van der Waals surface area contributed by atoms with Crippen LogP contribution in [0.2, 0.25) is 5.02 Å². The maximum atomic E-state index is 12.8. The van der Waals surface area contributed by atoms with Gasteiger partial charge in [0.1, 0.15) is 24.9 Å². The van der Waals surface area contributed by atoms with E-state index in [0.29, 0.717) is 5.02 Å². The van der Waals surface area contributed by atoms with Crippen molar-refractivity contribution in [1.29, 1.82) is 0 Å². The SMILES string of the molecule is Cn1c(=O)n([C@@H]2O[C@H](COP(=O)(O)CP(=O)(O)O)[C@@H](O)[C@H]2O)cc/c1=N/OCc1cccc(Cl)c1. The summed E-state index contributed by atoms with van der Waals surface area (Å²) in [5, 5.41) is 25.0. The molecule has 14 nitrogen and oxygen atoms in total. The van der Waals surface area contributed by atoms with Crippen LogP contribution in [0.15, 0.2) is 46.5 Å². The van der Waals surface area contributed by atoms with Crippen molar-refractivity contribution in [3.8, 4) is 0 Å². The van der Waals surface area contributed by atoms with Crippen molar-refractivity contribution in [2.45, 2.75) is 31.1 Å². The van der Waals surface area contributed by atoms with E-state index in [0.717, 1.165) is 14.7 Å². The first-order valence-electron chi connectivity index (χ1n) is 9.98. The third-order valence-corrected chi connectivity index (χ3v) is 8.62. The molecule has 194 valence electrons. The minimum atomic E-state index is -4.84. The molecule has 1 aromatic heterocycles. The van der Waals surface area contributed by atoms with Crippen molar-refractivity contribution in [2.75, 3.05) is 12.5 Å². The van der Waals surface area contributed by atoms with Crippen LogP contribution < -0.4 is 11.2 Å². The Morgan fingerprint density at radius 3 is 2.54 bits per heavy atom. The summed E-state index contributed by atoms with van der Waals surface area (Å²) in [5.41, 5.74) is 0.208. The summed E-state index contributed by atoms with van der Waals surface area (Å²) in [5.74, 6) is -1.42. The van der Waals surface area contributed by atoms with Crippen LogP contribution in [0.5, 0.6) is 0 Å². The molecule has 35 heavy (non-hydrogen) atoms. The number of aliphatic hydroxyl groups is 2. The highest BCUT2D eigenvalue weighted by Gasteiger charge is 2.45. The normalized spacial score (nSPS) is 24.9. The summed E-state index contributed by atoms with van der Waals surface area (Å²) in [4.78, 5) is 45.3. The zero-order valence-electron chi connectivity index (χ0n) is 18.2.